The maximum atomic E-state index is 4.44. The predicted octanol–water partition coefficient (Wildman–Crippen LogP) is 3.73. The highest BCUT2D eigenvalue weighted by Crippen LogP contribution is 2.32. The highest BCUT2D eigenvalue weighted by molar-refractivity contribution is 9.10. The molecule has 0 fully saturated rings. The topological polar surface area (TPSA) is 29.9 Å². The Hall–Kier alpha value is -0.650. The molecular weight excluding hydrogens is 310 g/mol. The number of aryl methyl sites for hydroxylation is 2. The summed E-state index contributed by atoms with van der Waals surface area (Å²) in [7, 11) is 2.00. The van der Waals surface area contributed by atoms with E-state index in [2.05, 4.69) is 57.0 Å². The number of nitrogens with zero attached hydrogens (tertiary/aromatic N) is 2. The van der Waals surface area contributed by atoms with Gasteiger partial charge in [0, 0.05) is 16.3 Å². The van der Waals surface area contributed by atoms with E-state index in [4.69, 9.17) is 0 Å². The first-order chi connectivity index (χ1) is 8.67. The van der Waals surface area contributed by atoms with Crippen molar-refractivity contribution in [3.8, 4) is 0 Å². The van der Waals surface area contributed by atoms with Crippen molar-refractivity contribution in [2.24, 2.45) is 0 Å². The number of halogens is 1. The van der Waals surface area contributed by atoms with Crippen molar-refractivity contribution in [1.29, 1.82) is 0 Å². The molecule has 1 unspecified atom stereocenters. The van der Waals surface area contributed by atoms with E-state index in [-0.39, 0.29) is 6.04 Å². The normalized spacial score (nSPS) is 12.9. The fourth-order valence-corrected chi connectivity index (χ4v) is 3.59. The van der Waals surface area contributed by atoms with E-state index in [0.717, 1.165) is 17.4 Å². The molecule has 0 bridgehead atoms. The summed E-state index contributed by atoms with van der Waals surface area (Å²) in [6.07, 6.45) is 2.97. The molecule has 0 saturated heterocycles. The molecule has 2 aromatic rings. The molecule has 0 radical (unpaired) electrons. The Labute approximate surface area is 120 Å². The van der Waals surface area contributed by atoms with Gasteiger partial charge < -0.3 is 5.32 Å². The number of aromatic nitrogens is 2. The maximum absolute atomic E-state index is 4.44. The largest absolute Gasteiger partial charge is 0.307 e. The smallest absolute Gasteiger partial charge is 0.0851 e. The summed E-state index contributed by atoms with van der Waals surface area (Å²) in [4.78, 5) is 2.66. The third-order valence-corrected chi connectivity index (χ3v) is 4.55. The van der Waals surface area contributed by atoms with Gasteiger partial charge in [-0.3, -0.25) is 4.68 Å². The molecule has 3 nitrogen and oxygen atoms in total. The second kappa shape index (κ2) is 5.99. The SMILES string of the molecule is CCCn1ncc(Br)c1C(NC)c1ccc(C)s1. The van der Waals surface area contributed by atoms with Crippen LogP contribution in [0.1, 0.15) is 34.8 Å². The molecule has 0 aliphatic carbocycles. The van der Waals surface area contributed by atoms with Gasteiger partial charge >= 0.3 is 0 Å². The number of hydrogen-bond donors (Lipinski definition) is 1. The minimum atomic E-state index is 0.201. The van der Waals surface area contributed by atoms with Gasteiger partial charge in [-0.1, -0.05) is 6.92 Å². The van der Waals surface area contributed by atoms with Crippen molar-refractivity contribution in [3.05, 3.63) is 38.3 Å². The Morgan fingerprint density at radius 3 is 2.83 bits per heavy atom. The van der Waals surface area contributed by atoms with Crippen LogP contribution in [0, 0.1) is 6.92 Å². The van der Waals surface area contributed by atoms with E-state index in [1.807, 2.05) is 24.6 Å². The van der Waals surface area contributed by atoms with Crippen molar-refractivity contribution in [3.63, 3.8) is 0 Å². The quantitative estimate of drug-likeness (QED) is 0.906. The van der Waals surface area contributed by atoms with Crippen LogP contribution in [0.5, 0.6) is 0 Å². The van der Waals surface area contributed by atoms with Gasteiger partial charge in [-0.2, -0.15) is 5.10 Å². The summed E-state index contributed by atoms with van der Waals surface area (Å²) < 4.78 is 3.15. The van der Waals surface area contributed by atoms with Crippen LogP contribution in [0.2, 0.25) is 0 Å². The lowest BCUT2D eigenvalue weighted by atomic mass is 10.1. The lowest BCUT2D eigenvalue weighted by molar-refractivity contribution is 0.536. The standard InChI is InChI=1S/C13H18BrN3S/c1-4-7-17-13(10(14)8-16-17)12(15-3)11-6-5-9(2)18-11/h5-6,8,12,15H,4,7H2,1-3H3. The third-order valence-electron chi connectivity index (χ3n) is 2.88. The first-order valence-corrected chi connectivity index (χ1v) is 7.73. The predicted molar refractivity (Wildman–Crippen MR) is 80.2 cm³/mol. The first-order valence-electron chi connectivity index (χ1n) is 6.12. The molecule has 1 atom stereocenters. The van der Waals surface area contributed by atoms with E-state index in [0.29, 0.717) is 0 Å². The van der Waals surface area contributed by atoms with E-state index in [1.54, 1.807) is 0 Å². The Balaban J connectivity index is 2.41. The number of thiophene rings is 1. The molecule has 2 rings (SSSR count). The second-order valence-corrected chi connectivity index (χ2v) is 6.44. The molecular formula is C13H18BrN3S. The Morgan fingerprint density at radius 2 is 2.28 bits per heavy atom. The van der Waals surface area contributed by atoms with Crippen molar-refractivity contribution < 1.29 is 0 Å². The molecule has 0 aliphatic heterocycles. The first kappa shape index (κ1) is 13.8. The van der Waals surface area contributed by atoms with Crippen molar-refractivity contribution in [1.82, 2.24) is 15.1 Å². The molecule has 0 spiro atoms. The zero-order valence-corrected chi connectivity index (χ0v) is 13.3. The zero-order chi connectivity index (χ0) is 13.1. The van der Waals surface area contributed by atoms with Gasteiger partial charge in [0.2, 0.25) is 0 Å². The summed E-state index contributed by atoms with van der Waals surface area (Å²) in [5.74, 6) is 0. The Kier molecular flexibility index (Phi) is 4.59. The molecule has 18 heavy (non-hydrogen) atoms. The monoisotopic (exact) mass is 327 g/mol. The molecule has 2 aromatic heterocycles. The highest BCUT2D eigenvalue weighted by Gasteiger charge is 2.21. The Morgan fingerprint density at radius 1 is 1.50 bits per heavy atom. The maximum Gasteiger partial charge on any atom is 0.0851 e. The average molecular weight is 328 g/mol. The zero-order valence-electron chi connectivity index (χ0n) is 10.9. The minimum Gasteiger partial charge on any atom is -0.307 e. The third kappa shape index (κ3) is 2.68. The number of nitrogens with one attached hydrogen (secondary N) is 1. The Bertz CT molecular complexity index is 518. The van der Waals surface area contributed by atoms with E-state index in [1.165, 1.54) is 15.4 Å². The molecule has 0 aliphatic rings. The van der Waals surface area contributed by atoms with E-state index in [9.17, 15) is 0 Å². The lowest BCUT2D eigenvalue weighted by Crippen LogP contribution is -2.21. The van der Waals surface area contributed by atoms with Crippen LogP contribution in [0.3, 0.4) is 0 Å². The number of rotatable bonds is 5. The van der Waals surface area contributed by atoms with Gasteiger partial charge in [-0.05, 0) is 48.5 Å². The van der Waals surface area contributed by atoms with Gasteiger partial charge in [0.1, 0.15) is 0 Å². The van der Waals surface area contributed by atoms with E-state index < -0.39 is 0 Å². The summed E-state index contributed by atoms with van der Waals surface area (Å²) in [5.41, 5.74) is 1.21. The van der Waals surface area contributed by atoms with Crippen LogP contribution in [0.15, 0.2) is 22.8 Å². The van der Waals surface area contributed by atoms with Crippen molar-refractivity contribution >= 4 is 27.3 Å². The molecule has 2 heterocycles. The van der Waals surface area contributed by atoms with Crippen LogP contribution in [0.25, 0.3) is 0 Å². The van der Waals surface area contributed by atoms with Crippen LogP contribution in [-0.2, 0) is 6.54 Å². The average Bonchev–Trinajstić information content (AvgIpc) is 2.91. The van der Waals surface area contributed by atoms with Gasteiger partial charge in [0.05, 0.1) is 22.4 Å². The summed E-state index contributed by atoms with van der Waals surface area (Å²) in [6.45, 7) is 5.26. The molecule has 1 N–H and O–H groups in total. The second-order valence-electron chi connectivity index (χ2n) is 4.27. The van der Waals surface area contributed by atoms with Crippen LogP contribution < -0.4 is 5.32 Å². The lowest BCUT2D eigenvalue weighted by Gasteiger charge is -2.17. The molecule has 5 heteroatoms. The van der Waals surface area contributed by atoms with Crippen LogP contribution in [-0.4, -0.2) is 16.8 Å². The van der Waals surface area contributed by atoms with E-state index >= 15 is 0 Å². The molecule has 98 valence electrons. The molecule has 0 amide bonds. The fourth-order valence-electron chi connectivity index (χ4n) is 2.07. The summed E-state index contributed by atoms with van der Waals surface area (Å²) in [6, 6.07) is 4.56. The van der Waals surface area contributed by atoms with Gasteiger partial charge in [0.25, 0.3) is 0 Å². The molecule has 0 aromatic carbocycles. The van der Waals surface area contributed by atoms with Gasteiger partial charge in [-0.15, -0.1) is 11.3 Å². The summed E-state index contributed by atoms with van der Waals surface area (Å²) >= 11 is 5.44. The van der Waals surface area contributed by atoms with Crippen molar-refractivity contribution in [2.45, 2.75) is 32.9 Å². The van der Waals surface area contributed by atoms with Crippen LogP contribution >= 0.6 is 27.3 Å². The van der Waals surface area contributed by atoms with Crippen LogP contribution in [0.4, 0.5) is 0 Å². The highest BCUT2D eigenvalue weighted by atomic mass is 79.9. The van der Waals surface area contributed by atoms with Crippen molar-refractivity contribution in [2.75, 3.05) is 7.05 Å². The minimum absolute atomic E-state index is 0.201. The van der Waals surface area contributed by atoms with Gasteiger partial charge in [-0.25, -0.2) is 0 Å². The summed E-state index contributed by atoms with van der Waals surface area (Å²) in [5, 5.41) is 7.83. The van der Waals surface area contributed by atoms with Gasteiger partial charge in [0.15, 0.2) is 0 Å². The fraction of sp³-hybridized carbons (Fsp3) is 0.462. The number of hydrogen-bond acceptors (Lipinski definition) is 3. The molecule has 0 saturated carbocycles.